The first-order valence-corrected chi connectivity index (χ1v) is 6.10. The minimum Gasteiger partial charge on any atom is -0.290 e. The maximum atomic E-state index is 10.5. The average Bonchev–Trinajstić information content (AvgIpc) is 2.82. The molecule has 1 aromatic rings. The Kier molecular flexibility index (Phi) is 5.64. The molecular weight excluding hydrogens is 204 g/mol. The van der Waals surface area contributed by atoms with Crippen molar-refractivity contribution in [1.82, 2.24) is 0 Å². The minimum absolute atomic E-state index is 0.167. The largest absolute Gasteiger partial charge is 0.290 e. The molecule has 1 aromatic carbocycles. The van der Waals surface area contributed by atoms with Crippen molar-refractivity contribution < 1.29 is 13.0 Å². The standard InChI is InChI=1S/C6H14O3S.C3H2O/c1-3-5-6(4-2)10(7,8)9;4-3-1-2-3/h6H,3-5H2,1-2H3,(H,7,8,9);1-2H. The molecule has 0 aromatic heterocycles. The van der Waals surface area contributed by atoms with Crippen LogP contribution >= 0.6 is 0 Å². The summed E-state index contributed by atoms with van der Waals surface area (Å²) < 4.78 is 29.6. The Labute approximate surface area is 84.4 Å². The van der Waals surface area contributed by atoms with Crippen LogP contribution in [0.3, 0.4) is 0 Å². The normalized spacial score (nSPS) is 13.4. The Morgan fingerprint density at radius 3 is 1.86 bits per heavy atom. The lowest BCUT2D eigenvalue weighted by Gasteiger charge is -2.08. The second-order valence-electron chi connectivity index (χ2n) is 3.07. The molecule has 5 heteroatoms. The fourth-order valence-electron chi connectivity index (χ4n) is 0.920. The zero-order chi connectivity index (χ0) is 11.2. The Bertz CT molecular complexity index is 334. The minimum atomic E-state index is -3.78. The third-order valence-corrected chi connectivity index (χ3v) is 3.20. The predicted molar refractivity (Wildman–Crippen MR) is 55.6 cm³/mol. The van der Waals surface area contributed by atoms with E-state index < -0.39 is 15.4 Å². The number of rotatable bonds is 4. The van der Waals surface area contributed by atoms with Crippen LogP contribution < -0.4 is 5.43 Å². The van der Waals surface area contributed by atoms with E-state index in [1.54, 1.807) is 6.92 Å². The van der Waals surface area contributed by atoms with Crippen molar-refractivity contribution in [2.75, 3.05) is 0 Å². The Hall–Kier alpha value is -0.680. The van der Waals surface area contributed by atoms with Crippen molar-refractivity contribution in [2.24, 2.45) is 0 Å². The monoisotopic (exact) mass is 220 g/mol. The molecule has 82 valence electrons. The van der Waals surface area contributed by atoms with Crippen LogP contribution in [0.2, 0.25) is 0 Å². The smallest absolute Gasteiger partial charge is 0.267 e. The quantitative estimate of drug-likeness (QED) is 0.778. The predicted octanol–water partition coefficient (Wildman–Crippen LogP) is 1.38. The highest BCUT2D eigenvalue weighted by molar-refractivity contribution is 7.86. The number of hydrogen-bond donors (Lipinski definition) is 1. The molecule has 0 radical (unpaired) electrons. The van der Waals surface area contributed by atoms with Crippen LogP contribution in [-0.4, -0.2) is 18.2 Å². The highest BCUT2D eigenvalue weighted by Gasteiger charge is 2.18. The van der Waals surface area contributed by atoms with Crippen LogP contribution in [0.25, 0.3) is 0 Å². The summed E-state index contributed by atoms with van der Waals surface area (Å²) in [5.41, 5.74) is 0.167. The molecule has 0 aliphatic heterocycles. The van der Waals surface area contributed by atoms with Crippen molar-refractivity contribution in [1.29, 1.82) is 0 Å². The van der Waals surface area contributed by atoms with Crippen LogP contribution in [0, 0.1) is 0 Å². The van der Waals surface area contributed by atoms with Gasteiger partial charge in [0.2, 0.25) is 0 Å². The highest BCUT2D eigenvalue weighted by Crippen LogP contribution is 2.09. The van der Waals surface area contributed by atoms with Gasteiger partial charge in [0.05, 0.1) is 5.25 Å². The van der Waals surface area contributed by atoms with E-state index in [1.807, 2.05) is 6.92 Å². The maximum Gasteiger partial charge on any atom is 0.267 e. The van der Waals surface area contributed by atoms with Gasteiger partial charge in [0, 0.05) is 0 Å². The molecule has 0 saturated heterocycles. The molecular formula is C9H16O4S. The van der Waals surface area contributed by atoms with Crippen molar-refractivity contribution >= 4 is 10.1 Å². The van der Waals surface area contributed by atoms with Crippen LogP contribution in [0.5, 0.6) is 0 Å². The molecule has 0 heterocycles. The zero-order valence-corrected chi connectivity index (χ0v) is 9.25. The van der Waals surface area contributed by atoms with Crippen LogP contribution in [0.15, 0.2) is 16.9 Å². The van der Waals surface area contributed by atoms with Gasteiger partial charge in [-0.25, -0.2) is 0 Å². The second-order valence-corrected chi connectivity index (χ2v) is 4.77. The van der Waals surface area contributed by atoms with Crippen molar-refractivity contribution in [2.45, 2.75) is 38.4 Å². The Balaban J connectivity index is 0.000000344. The summed E-state index contributed by atoms with van der Waals surface area (Å²) in [5, 5.41) is -0.558. The summed E-state index contributed by atoms with van der Waals surface area (Å²) >= 11 is 0. The van der Waals surface area contributed by atoms with Gasteiger partial charge in [-0.05, 0) is 25.0 Å². The van der Waals surface area contributed by atoms with Gasteiger partial charge in [-0.2, -0.15) is 8.42 Å². The highest BCUT2D eigenvalue weighted by atomic mass is 32.2. The molecule has 0 saturated carbocycles. The van der Waals surface area contributed by atoms with Gasteiger partial charge in [0.25, 0.3) is 10.1 Å². The Morgan fingerprint density at radius 2 is 1.79 bits per heavy atom. The third-order valence-electron chi connectivity index (χ3n) is 1.79. The first-order chi connectivity index (χ1) is 6.41. The van der Waals surface area contributed by atoms with Gasteiger partial charge in [-0.1, -0.05) is 20.3 Å². The van der Waals surface area contributed by atoms with Gasteiger partial charge >= 0.3 is 0 Å². The first-order valence-electron chi connectivity index (χ1n) is 4.60. The van der Waals surface area contributed by atoms with Crippen molar-refractivity contribution in [3.05, 3.63) is 22.4 Å². The molecule has 1 rings (SSSR count). The van der Waals surface area contributed by atoms with E-state index in [9.17, 15) is 13.2 Å². The first kappa shape index (κ1) is 13.3. The Morgan fingerprint density at radius 1 is 1.36 bits per heavy atom. The van der Waals surface area contributed by atoms with Crippen molar-refractivity contribution in [3.63, 3.8) is 0 Å². The fraction of sp³-hybridized carbons (Fsp3) is 0.667. The van der Waals surface area contributed by atoms with E-state index >= 15 is 0 Å². The molecule has 0 aliphatic rings. The lowest BCUT2D eigenvalue weighted by molar-refractivity contribution is 0.458. The summed E-state index contributed by atoms with van der Waals surface area (Å²) in [6, 6.07) is 3.06. The van der Waals surface area contributed by atoms with Gasteiger partial charge in [0.15, 0.2) is 5.43 Å². The molecule has 1 atom stereocenters. The van der Waals surface area contributed by atoms with Gasteiger partial charge in [-0.3, -0.25) is 9.35 Å². The summed E-state index contributed by atoms with van der Waals surface area (Å²) in [6.07, 6.45) is 1.83. The second kappa shape index (κ2) is 5.93. The van der Waals surface area contributed by atoms with Crippen LogP contribution in [0.4, 0.5) is 0 Å². The zero-order valence-electron chi connectivity index (χ0n) is 8.43. The van der Waals surface area contributed by atoms with E-state index in [0.29, 0.717) is 12.8 Å². The van der Waals surface area contributed by atoms with Crippen LogP contribution in [-0.2, 0) is 10.1 Å². The van der Waals surface area contributed by atoms with Gasteiger partial charge in [0.1, 0.15) is 0 Å². The summed E-state index contributed by atoms with van der Waals surface area (Å²) in [7, 11) is -3.78. The third kappa shape index (κ3) is 6.80. The SMILES string of the molecule is CCCC(CC)S(=O)(=O)O.O=c1cc1. The molecule has 0 aliphatic carbocycles. The number of hydrogen-bond acceptors (Lipinski definition) is 3. The van der Waals surface area contributed by atoms with Crippen LogP contribution in [0.1, 0.15) is 33.1 Å². The summed E-state index contributed by atoms with van der Waals surface area (Å²) in [5.74, 6) is 0. The molecule has 1 unspecified atom stereocenters. The molecule has 0 fully saturated rings. The average molecular weight is 220 g/mol. The lowest BCUT2D eigenvalue weighted by atomic mass is 10.2. The van der Waals surface area contributed by atoms with Gasteiger partial charge in [-0.15, -0.1) is 0 Å². The van der Waals surface area contributed by atoms with E-state index in [-0.39, 0.29) is 5.43 Å². The summed E-state index contributed by atoms with van der Waals surface area (Å²) in [6.45, 7) is 3.65. The van der Waals surface area contributed by atoms with Gasteiger partial charge < -0.3 is 0 Å². The lowest BCUT2D eigenvalue weighted by Crippen LogP contribution is -2.18. The topological polar surface area (TPSA) is 71.4 Å². The van der Waals surface area contributed by atoms with E-state index in [2.05, 4.69) is 0 Å². The van der Waals surface area contributed by atoms with Crippen molar-refractivity contribution in [3.8, 4) is 0 Å². The molecule has 0 bridgehead atoms. The molecule has 14 heavy (non-hydrogen) atoms. The fourth-order valence-corrected chi connectivity index (χ4v) is 1.87. The molecule has 0 spiro atoms. The van der Waals surface area contributed by atoms with E-state index in [1.165, 1.54) is 12.1 Å². The molecule has 4 nitrogen and oxygen atoms in total. The van der Waals surface area contributed by atoms with E-state index in [4.69, 9.17) is 4.55 Å². The summed E-state index contributed by atoms with van der Waals surface area (Å²) in [4.78, 5) is 9.44. The molecule has 0 amide bonds. The van der Waals surface area contributed by atoms with E-state index in [0.717, 1.165) is 6.42 Å². The maximum absolute atomic E-state index is 10.5. The molecule has 1 N–H and O–H groups in total.